The molecule has 1 atom stereocenters. The second-order valence-corrected chi connectivity index (χ2v) is 5.39. The number of hydrogen-bond acceptors (Lipinski definition) is 4. The van der Waals surface area contributed by atoms with Gasteiger partial charge in [0.25, 0.3) is 0 Å². The molecular weight excluding hydrogens is 267 g/mol. The number of hydrogen-bond donors (Lipinski definition) is 0. The first-order valence-electron chi connectivity index (χ1n) is 6.11. The van der Waals surface area contributed by atoms with Gasteiger partial charge in [0.15, 0.2) is 0 Å². The third-order valence-electron chi connectivity index (χ3n) is 3.09. The van der Waals surface area contributed by atoms with Crippen LogP contribution >= 0.6 is 11.8 Å². The molecule has 0 aliphatic carbocycles. The second-order valence-electron chi connectivity index (χ2n) is 4.48. The van der Waals surface area contributed by atoms with Crippen LogP contribution in [0, 0.1) is 15.9 Å². The number of benzene rings is 1. The average molecular weight is 286 g/mol. The molecule has 1 aromatic carbocycles. The Hall–Kier alpha value is -1.14. The maximum atomic E-state index is 13.5. The fraction of sp³-hybridized carbons (Fsp3) is 0.538. The Labute approximate surface area is 117 Å². The third kappa shape index (κ3) is 4.47. The van der Waals surface area contributed by atoms with E-state index in [9.17, 15) is 14.5 Å². The highest BCUT2D eigenvalue weighted by molar-refractivity contribution is 7.98. The van der Waals surface area contributed by atoms with Gasteiger partial charge in [0, 0.05) is 24.4 Å². The maximum Gasteiger partial charge on any atom is 0.304 e. The van der Waals surface area contributed by atoms with Crippen LogP contribution in [0.4, 0.5) is 10.1 Å². The standard InChI is InChI=1S/C13H19FN2O2S/c1-4-11(9-19-3)15(2)8-10-5-6-13(16(17)18)12(14)7-10/h5-7,11H,4,8-9H2,1-3H3. The highest BCUT2D eigenvalue weighted by atomic mass is 32.2. The molecule has 0 bridgehead atoms. The van der Waals surface area contributed by atoms with Crippen LogP contribution in [-0.4, -0.2) is 34.9 Å². The van der Waals surface area contributed by atoms with Crippen LogP contribution in [0.25, 0.3) is 0 Å². The Balaban J connectivity index is 2.77. The molecule has 1 unspecified atom stereocenters. The lowest BCUT2D eigenvalue weighted by Crippen LogP contribution is -2.32. The molecule has 0 amide bonds. The maximum absolute atomic E-state index is 13.5. The number of nitro benzene ring substituents is 1. The number of halogens is 1. The summed E-state index contributed by atoms with van der Waals surface area (Å²) in [6, 6.07) is 4.52. The van der Waals surface area contributed by atoms with E-state index < -0.39 is 16.4 Å². The van der Waals surface area contributed by atoms with Crippen LogP contribution in [-0.2, 0) is 6.54 Å². The zero-order valence-electron chi connectivity index (χ0n) is 11.4. The fourth-order valence-electron chi connectivity index (χ4n) is 1.96. The van der Waals surface area contributed by atoms with E-state index in [4.69, 9.17) is 0 Å². The molecule has 106 valence electrons. The van der Waals surface area contributed by atoms with Crippen molar-refractivity contribution in [3.63, 3.8) is 0 Å². The minimum atomic E-state index is -0.770. The van der Waals surface area contributed by atoms with Crippen molar-refractivity contribution in [3.05, 3.63) is 39.7 Å². The van der Waals surface area contributed by atoms with Gasteiger partial charge in [-0.3, -0.25) is 15.0 Å². The van der Waals surface area contributed by atoms with Crippen molar-refractivity contribution in [2.24, 2.45) is 0 Å². The average Bonchev–Trinajstić information content (AvgIpc) is 2.35. The Kier molecular flexibility index (Phi) is 6.24. The molecule has 0 saturated carbocycles. The summed E-state index contributed by atoms with van der Waals surface area (Å²) in [7, 11) is 1.99. The van der Waals surface area contributed by atoms with Gasteiger partial charge in [0.2, 0.25) is 5.82 Å². The van der Waals surface area contributed by atoms with E-state index in [2.05, 4.69) is 18.1 Å². The van der Waals surface area contributed by atoms with Gasteiger partial charge in [-0.1, -0.05) is 13.0 Å². The van der Waals surface area contributed by atoms with Crippen LogP contribution in [0.3, 0.4) is 0 Å². The molecule has 0 fully saturated rings. The van der Waals surface area contributed by atoms with Crippen LogP contribution in [0.5, 0.6) is 0 Å². The van der Waals surface area contributed by atoms with Crippen molar-refractivity contribution < 1.29 is 9.31 Å². The highest BCUT2D eigenvalue weighted by Gasteiger charge is 2.16. The Morgan fingerprint density at radius 2 is 2.21 bits per heavy atom. The van der Waals surface area contributed by atoms with Crippen molar-refractivity contribution in [2.75, 3.05) is 19.1 Å². The van der Waals surface area contributed by atoms with E-state index in [1.54, 1.807) is 17.8 Å². The lowest BCUT2D eigenvalue weighted by atomic mass is 10.1. The predicted octanol–water partition coefficient (Wildman–Crippen LogP) is 3.31. The molecular formula is C13H19FN2O2S. The largest absolute Gasteiger partial charge is 0.304 e. The molecule has 0 radical (unpaired) electrons. The first-order chi connectivity index (χ1) is 8.99. The van der Waals surface area contributed by atoms with Gasteiger partial charge in [-0.2, -0.15) is 16.2 Å². The molecule has 19 heavy (non-hydrogen) atoms. The minimum absolute atomic E-state index is 0.424. The van der Waals surface area contributed by atoms with Gasteiger partial charge < -0.3 is 0 Å². The molecule has 0 aliphatic rings. The van der Waals surface area contributed by atoms with Crippen LogP contribution in [0.15, 0.2) is 18.2 Å². The monoisotopic (exact) mass is 286 g/mol. The summed E-state index contributed by atoms with van der Waals surface area (Å²) in [6.07, 6.45) is 3.08. The van der Waals surface area contributed by atoms with Crippen molar-refractivity contribution in [1.29, 1.82) is 0 Å². The minimum Gasteiger partial charge on any atom is -0.298 e. The van der Waals surface area contributed by atoms with Crippen molar-refractivity contribution >= 4 is 17.4 Å². The molecule has 0 aromatic heterocycles. The van der Waals surface area contributed by atoms with E-state index in [1.165, 1.54) is 12.1 Å². The van der Waals surface area contributed by atoms with E-state index in [1.807, 2.05) is 7.05 Å². The molecule has 1 rings (SSSR count). The summed E-state index contributed by atoms with van der Waals surface area (Å²) < 4.78 is 13.5. The smallest absolute Gasteiger partial charge is 0.298 e. The van der Waals surface area contributed by atoms with Crippen molar-refractivity contribution in [3.8, 4) is 0 Å². The van der Waals surface area contributed by atoms with E-state index in [-0.39, 0.29) is 0 Å². The molecule has 0 saturated heterocycles. The number of rotatable bonds is 7. The molecule has 0 heterocycles. The predicted molar refractivity (Wildman–Crippen MR) is 77.0 cm³/mol. The van der Waals surface area contributed by atoms with Crippen LogP contribution < -0.4 is 0 Å². The Bertz CT molecular complexity index is 443. The topological polar surface area (TPSA) is 46.4 Å². The summed E-state index contributed by atoms with van der Waals surface area (Å²) in [5.74, 6) is 0.247. The van der Waals surface area contributed by atoms with E-state index in [0.29, 0.717) is 12.6 Å². The normalized spacial score (nSPS) is 12.7. The van der Waals surface area contributed by atoms with Gasteiger partial charge in [-0.15, -0.1) is 0 Å². The Morgan fingerprint density at radius 3 is 2.68 bits per heavy atom. The quantitative estimate of drug-likeness (QED) is 0.570. The highest BCUT2D eigenvalue weighted by Crippen LogP contribution is 2.20. The summed E-state index contributed by atoms with van der Waals surface area (Å²) in [5.41, 5.74) is 0.285. The fourth-order valence-corrected chi connectivity index (χ4v) is 2.84. The van der Waals surface area contributed by atoms with Crippen molar-refractivity contribution in [1.82, 2.24) is 4.90 Å². The lowest BCUT2D eigenvalue weighted by molar-refractivity contribution is -0.387. The first-order valence-corrected chi connectivity index (χ1v) is 7.51. The van der Waals surface area contributed by atoms with E-state index in [0.717, 1.165) is 17.7 Å². The van der Waals surface area contributed by atoms with Gasteiger partial charge in [-0.25, -0.2) is 0 Å². The van der Waals surface area contributed by atoms with E-state index >= 15 is 0 Å². The van der Waals surface area contributed by atoms with Crippen LogP contribution in [0.2, 0.25) is 0 Å². The van der Waals surface area contributed by atoms with Gasteiger partial charge in [-0.05, 0) is 31.4 Å². The number of nitrogens with zero attached hydrogens (tertiary/aromatic N) is 2. The van der Waals surface area contributed by atoms with Crippen LogP contribution in [0.1, 0.15) is 18.9 Å². The lowest BCUT2D eigenvalue weighted by Gasteiger charge is -2.26. The summed E-state index contributed by atoms with van der Waals surface area (Å²) >= 11 is 1.78. The number of thioether (sulfide) groups is 1. The Morgan fingerprint density at radius 1 is 1.53 bits per heavy atom. The number of nitro groups is 1. The van der Waals surface area contributed by atoms with Gasteiger partial charge in [0.1, 0.15) is 0 Å². The molecule has 0 N–H and O–H groups in total. The summed E-state index contributed by atoms with van der Waals surface area (Å²) in [4.78, 5) is 12.0. The first kappa shape index (κ1) is 15.9. The second kappa shape index (κ2) is 7.45. The molecule has 4 nitrogen and oxygen atoms in total. The molecule has 0 spiro atoms. The van der Waals surface area contributed by atoms with Gasteiger partial charge >= 0.3 is 5.69 Å². The van der Waals surface area contributed by atoms with Gasteiger partial charge in [0.05, 0.1) is 4.92 Å². The molecule has 0 aliphatic heterocycles. The summed E-state index contributed by atoms with van der Waals surface area (Å²) in [6.45, 7) is 2.71. The molecule has 6 heteroatoms. The molecule has 1 aromatic rings. The summed E-state index contributed by atoms with van der Waals surface area (Å²) in [5, 5.41) is 10.5. The zero-order chi connectivity index (χ0) is 14.4. The third-order valence-corrected chi connectivity index (χ3v) is 3.81. The van der Waals surface area contributed by atoms with Crippen molar-refractivity contribution in [2.45, 2.75) is 25.9 Å². The SMILES string of the molecule is CCC(CSC)N(C)Cc1ccc([N+](=O)[O-])c(F)c1. The zero-order valence-corrected chi connectivity index (χ0v) is 12.2.